The number of H-pyrrole nitrogens is 1. The van der Waals surface area contributed by atoms with E-state index in [0.29, 0.717) is 5.56 Å². The zero-order valence-electron chi connectivity index (χ0n) is 22.1. The molecule has 40 heavy (non-hydrogen) atoms. The predicted octanol–water partition coefficient (Wildman–Crippen LogP) is 5.81. The van der Waals surface area contributed by atoms with Crippen molar-refractivity contribution >= 4 is 23.5 Å². The van der Waals surface area contributed by atoms with Crippen molar-refractivity contribution in [3.8, 4) is 22.4 Å². The first kappa shape index (κ1) is 26.0. The normalized spacial score (nSPS) is 15.6. The summed E-state index contributed by atoms with van der Waals surface area (Å²) in [6, 6.07) is 20.5. The maximum Gasteiger partial charge on any atom is 0.326 e. The molecule has 202 valence electrons. The summed E-state index contributed by atoms with van der Waals surface area (Å²) in [5.41, 5.74) is 13.0. The Balaban J connectivity index is 1.17. The first-order valence-corrected chi connectivity index (χ1v) is 13.9. The van der Waals surface area contributed by atoms with Crippen LogP contribution >= 0.6 is 11.6 Å². The topological polar surface area (TPSA) is 104 Å². The highest BCUT2D eigenvalue weighted by Gasteiger charge is 2.25. The average Bonchev–Trinajstić information content (AvgIpc) is 3.11. The molecule has 4 N–H and O–H groups in total. The number of pyridine rings is 1. The van der Waals surface area contributed by atoms with Gasteiger partial charge in [0.1, 0.15) is 11.0 Å². The van der Waals surface area contributed by atoms with Crippen LogP contribution in [0.3, 0.4) is 0 Å². The fraction of sp³-hybridized carbons (Fsp3) is 0.219. The first-order chi connectivity index (χ1) is 19.5. The number of fused-ring (bicyclic) bond motifs is 1. The summed E-state index contributed by atoms with van der Waals surface area (Å²) < 4.78 is 1.99. The number of imidazole rings is 1. The molecule has 2 aliphatic rings. The summed E-state index contributed by atoms with van der Waals surface area (Å²) in [5.74, 6) is -0.106. The Labute approximate surface area is 238 Å². The standard InChI is InChI=1S/C32H31ClN6O/c33-30-26(31(34)35)19-25(22-7-3-1-4-8-22)29(37-30)23-13-11-21(12-14-23)20-38-17-15-24(16-18-38)39-28-10-6-2-5-9-27(28)36-32(39)40/h1-9,11-14,19,24H,10,15-18,20H2,(H3,34,35)(H,36,40). The van der Waals surface area contributed by atoms with E-state index >= 15 is 0 Å². The van der Waals surface area contributed by atoms with Crippen LogP contribution in [0.1, 0.15) is 41.4 Å². The summed E-state index contributed by atoms with van der Waals surface area (Å²) >= 11 is 6.43. The van der Waals surface area contributed by atoms with E-state index in [0.717, 1.165) is 72.7 Å². The van der Waals surface area contributed by atoms with Crippen molar-refractivity contribution < 1.29 is 0 Å². The van der Waals surface area contributed by atoms with Crippen molar-refractivity contribution in [2.24, 2.45) is 5.73 Å². The van der Waals surface area contributed by atoms with Gasteiger partial charge in [-0.2, -0.15) is 0 Å². The molecule has 1 fully saturated rings. The van der Waals surface area contributed by atoms with E-state index in [1.165, 1.54) is 5.56 Å². The molecule has 1 aliphatic carbocycles. The van der Waals surface area contributed by atoms with Gasteiger partial charge in [-0.05, 0) is 36.1 Å². The molecule has 1 saturated heterocycles. The van der Waals surface area contributed by atoms with E-state index in [1.807, 2.05) is 59.2 Å². The van der Waals surface area contributed by atoms with Gasteiger partial charge in [0.15, 0.2) is 0 Å². The minimum Gasteiger partial charge on any atom is -0.384 e. The average molecular weight is 551 g/mol. The van der Waals surface area contributed by atoms with Crippen LogP contribution in [-0.4, -0.2) is 38.4 Å². The molecule has 8 heteroatoms. The number of hydrogen-bond acceptors (Lipinski definition) is 4. The fourth-order valence-electron chi connectivity index (χ4n) is 5.74. The number of hydrogen-bond donors (Lipinski definition) is 3. The number of benzene rings is 2. The summed E-state index contributed by atoms with van der Waals surface area (Å²) in [4.78, 5) is 22.9. The zero-order chi connectivity index (χ0) is 27.6. The molecular formula is C32H31ClN6O. The van der Waals surface area contributed by atoms with Gasteiger partial charge in [0.2, 0.25) is 0 Å². The van der Waals surface area contributed by atoms with Crippen molar-refractivity contribution in [1.29, 1.82) is 5.41 Å². The minimum atomic E-state index is -0.106. The minimum absolute atomic E-state index is 0.00101. The van der Waals surface area contributed by atoms with E-state index in [9.17, 15) is 4.79 Å². The van der Waals surface area contributed by atoms with Crippen LogP contribution in [0.25, 0.3) is 28.5 Å². The second-order valence-corrected chi connectivity index (χ2v) is 10.7. The SMILES string of the molecule is N=C(N)c1cc(-c2ccccc2)c(-c2ccc(CN3CCC(n4c5c([nH]c4=O)C=CC=CC5)CC3)cc2)nc1Cl. The van der Waals surface area contributed by atoms with Gasteiger partial charge in [0.05, 0.1) is 22.6 Å². The van der Waals surface area contributed by atoms with Crippen molar-refractivity contribution in [2.45, 2.75) is 31.8 Å². The van der Waals surface area contributed by atoms with Gasteiger partial charge in [-0.25, -0.2) is 9.78 Å². The highest BCUT2D eigenvalue weighted by atomic mass is 35.5. The molecule has 4 aromatic rings. The summed E-state index contributed by atoms with van der Waals surface area (Å²) in [6.45, 7) is 2.72. The molecular weight excluding hydrogens is 520 g/mol. The lowest BCUT2D eigenvalue weighted by molar-refractivity contribution is 0.177. The third-order valence-corrected chi connectivity index (χ3v) is 8.08. The van der Waals surface area contributed by atoms with Crippen molar-refractivity contribution in [3.05, 3.63) is 117 Å². The second kappa shape index (κ2) is 11.1. The van der Waals surface area contributed by atoms with E-state index < -0.39 is 0 Å². The number of nitrogens with one attached hydrogen (secondary N) is 2. The van der Waals surface area contributed by atoms with Crippen LogP contribution in [-0.2, 0) is 13.0 Å². The molecule has 0 bridgehead atoms. The molecule has 0 atom stereocenters. The molecule has 0 amide bonds. The fourth-order valence-corrected chi connectivity index (χ4v) is 5.98. The lowest BCUT2D eigenvalue weighted by atomic mass is 9.97. The number of rotatable bonds is 6. The molecule has 0 radical (unpaired) electrons. The number of likely N-dealkylation sites (tertiary alicyclic amines) is 1. The van der Waals surface area contributed by atoms with Gasteiger partial charge in [-0.3, -0.25) is 14.9 Å². The van der Waals surface area contributed by atoms with E-state index in [-0.39, 0.29) is 22.7 Å². The number of allylic oxidation sites excluding steroid dienone is 3. The lowest BCUT2D eigenvalue weighted by Crippen LogP contribution is -2.37. The summed E-state index contributed by atoms with van der Waals surface area (Å²) in [5, 5.41) is 8.12. The van der Waals surface area contributed by atoms with Gasteiger partial charge in [-0.1, -0.05) is 84.4 Å². The smallest absolute Gasteiger partial charge is 0.326 e. The first-order valence-electron chi connectivity index (χ1n) is 13.6. The number of nitrogens with zero attached hydrogens (tertiary/aromatic N) is 3. The largest absolute Gasteiger partial charge is 0.384 e. The number of nitrogen functional groups attached to an aromatic ring is 1. The maximum absolute atomic E-state index is 12.7. The Morgan fingerprint density at radius 2 is 1.80 bits per heavy atom. The number of aromatic amines is 1. The molecule has 0 unspecified atom stereocenters. The van der Waals surface area contributed by atoms with Crippen molar-refractivity contribution in [3.63, 3.8) is 0 Å². The van der Waals surface area contributed by atoms with Crippen molar-refractivity contribution in [2.75, 3.05) is 13.1 Å². The Morgan fingerprint density at radius 3 is 2.52 bits per heavy atom. The second-order valence-electron chi connectivity index (χ2n) is 10.4. The Bertz CT molecular complexity index is 1660. The van der Waals surface area contributed by atoms with Crippen LogP contribution < -0.4 is 11.4 Å². The lowest BCUT2D eigenvalue weighted by Gasteiger charge is -2.33. The van der Waals surface area contributed by atoms with Gasteiger partial charge < -0.3 is 10.7 Å². The molecule has 1 aliphatic heterocycles. The highest BCUT2D eigenvalue weighted by molar-refractivity contribution is 6.33. The van der Waals surface area contributed by atoms with Gasteiger partial charge in [-0.15, -0.1) is 0 Å². The number of halogens is 1. The third-order valence-electron chi connectivity index (χ3n) is 7.79. The Kier molecular flexibility index (Phi) is 7.24. The number of aromatic nitrogens is 3. The molecule has 3 heterocycles. The molecule has 0 spiro atoms. The van der Waals surface area contributed by atoms with Crippen molar-refractivity contribution in [1.82, 2.24) is 19.4 Å². The highest BCUT2D eigenvalue weighted by Crippen LogP contribution is 2.34. The number of nitrogens with two attached hydrogens (primary N) is 1. The van der Waals surface area contributed by atoms with E-state index in [2.05, 4.69) is 45.2 Å². The zero-order valence-corrected chi connectivity index (χ0v) is 22.9. The van der Waals surface area contributed by atoms with Gasteiger partial charge >= 0.3 is 5.69 Å². The number of amidine groups is 1. The molecule has 0 saturated carbocycles. The third kappa shape index (κ3) is 5.18. The van der Waals surface area contributed by atoms with E-state index in [4.69, 9.17) is 22.7 Å². The van der Waals surface area contributed by atoms with Crippen LogP contribution in [0, 0.1) is 5.41 Å². The number of piperidine rings is 1. The van der Waals surface area contributed by atoms with Gasteiger partial charge in [0, 0.05) is 43.2 Å². The predicted molar refractivity (Wildman–Crippen MR) is 162 cm³/mol. The van der Waals surface area contributed by atoms with Crippen LogP contribution in [0.2, 0.25) is 5.15 Å². The maximum atomic E-state index is 12.7. The van der Waals surface area contributed by atoms with Gasteiger partial charge in [0.25, 0.3) is 0 Å². The Morgan fingerprint density at radius 1 is 1.05 bits per heavy atom. The van der Waals surface area contributed by atoms with Crippen LogP contribution in [0.15, 0.2) is 83.7 Å². The Hall–Kier alpha value is -4.20. The van der Waals surface area contributed by atoms with Crippen LogP contribution in [0.5, 0.6) is 0 Å². The summed E-state index contributed by atoms with van der Waals surface area (Å²) in [6.07, 6.45) is 10.8. The monoisotopic (exact) mass is 550 g/mol. The molecule has 2 aromatic heterocycles. The summed E-state index contributed by atoms with van der Waals surface area (Å²) in [7, 11) is 0. The quantitative estimate of drug-likeness (QED) is 0.160. The van der Waals surface area contributed by atoms with E-state index in [1.54, 1.807) is 0 Å². The molecule has 7 nitrogen and oxygen atoms in total. The molecule has 6 rings (SSSR count). The molecule has 2 aromatic carbocycles. The van der Waals surface area contributed by atoms with Crippen LogP contribution in [0.4, 0.5) is 0 Å².